The first-order valence-electron chi connectivity index (χ1n) is 21.7. The summed E-state index contributed by atoms with van der Waals surface area (Å²) in [5.41, 5.74) is 3.41. The molecule has 1 unspecified atom stereocenters. The van der Waals surface area contributed by atoms with Gasteiger partial charge in [0.2, 0.25) is 6.54 Å². The van der Waals surface area contributed by atoms with Crippen molar-refractivity contribution in [2.45, 2.75) is 93.2 Å². The lowest BCUT2D eigenvalue weighted by Gasteiger charge is -2.18. The fraction of sp³-hybridized carbons (Fsp3) is 0.333. The Hall–Kier alpha value is -4.71. The molecule has 0 saturated carbocycles. The fourth-order valence-corrected chi connectivity index (χ4v) is 7.47. The van der Waals surface area contributed by atoms with Crippen molar-refractivity contribution in [3.8, 4) is 0 Å². The lowest BCUT2D eigenvalue weighted by Crippen LogP contribution is -2.26. The van der Waals surface area contributed by atoms with Crippen LogP contribution in [0.25, 0.3) is 0 Å². The van der Waals surface area contributed by atoms with Gasteiger partial charge < -0.3 is 10.4 Å². The number of nitrogens with zero attached hydrogens (tertiary/aromatic N) is 1. The van der Waals surface area contributed by atoms with E-state index in [0.29, 0.717) is 53.8 Å². The average Bonchev–Trinajstić information content (AvgIpc) is 3.59. The monoisotopic (exact) mass is 1020 g/mol. The quantitative estimate of drug-likeness (QED) is 0.0544. The Balaban J connectivity index is 0.000000294. The molecule has 0 aliphatic carbocycles. The Morgan fingerprint density at radius 1 is 0.662 bits per heavy atom. The van der Waals surface area contributed by atoms with Gasteiger partial charge in [0.25, 0.3) is 0 Å². The number of carbonyl (C=O) groups excluding carboxylic acids is 4. The molecule has 1 saturated heterocycles. The molecule has 364 valence electrons. The van der Waals surface area contributed by atoms with Gasteiger partial charge in [0.1, 0.15) is 0 Å². The molecule has 1 atom stereocenters. The van der Waals surface area contributed by atoms with Gasteiger partial charge in [-0.05, 0) is 119 Å². The molecule has 1 aliphatic heterocycles. The van der Waals surface area contributed by atoms with Crippen LogP contribution in [0.5, 0.6) is 0 Å². The van der Waals surface area contributed by atoms with Crippen LogP contribution in [-0.4, -0.2) is 51.9 Å². The van der Waals surface area contributed by atoms with E-state index in [4.69, 9.17) is 58.0 Å². The third-order valence-electron chi connectivity index (χ3n) is 9.68. The Morgan fingerprint density at radius 3 is 1.43 bits per heavy atom. The summed E-state index contributed by atoms with van der Waals surface area (Å²) in [5, 5.41) is 26.5. The number of rotatable bonds is 12. The number of hydrogen-bond donors (Lipinski definition) is 2. The number of ketones is 4. The molecule has 0 amide bonds. The molecule has 5 aromatic carbocycles. The molecule has 1 fully saturated rings. The topological polar surface area (TPSA) is 144 Å². The summed E-state index contributed by atoms with van der Waals surface area (Å²) in [4.78, 5) is 55.8. The molecule has 0 radical (unpaired) electrons. The van der Waals surface area contributed by atoms with E-state index >= 15 is 0 Å². The molecule has 6 rings (SSSR count). The predicted octanol–water partition coefficient (Wildman–Crippen LogP) is 15.3. The highest BCUT2D eigenvalue weighted by atomic mass is 35.5. The van der Waals surface area contributed by atoms with Gasteiger partial charge in [0.15, 0.2) is 23.1 Å². The SMILES string of the molecule is CC(=O)c1cccc(Cl)c1.CC(C)(CC(=O)c1cccc(Cl)c1)C[N+](=O)[O-].CC(C)(O)CC(=O)c1cccc(Cl)c1.CC(C)=CC(=O)c1cccc(Cl)c1.CC1(C)CNC(c2cccc(Cl)c2)C1. The molecular formula is C54H61Cl5N2O7. The number of allylic oxidation sites excluding steroid dienone is 2. The molecular weight excluding hydrogens is 966 g/mol. The van der Waals surface area contributed by atoms with Crippen molar-refractivity contribution in [1.29, 1.82) is 0 Å². The van der Waals surface area contributed by atoms with Gasteiger partial charge in [0.05, 0.1) is 5.60 Å². The molecule has 5 aromatic rings. The smallest absolute Gasteiger partial charge is 0.209 e. The number of hydrogen-bond acceptors (Lipinski definition) is 8. The van der Waals surface area contributed by atoms with E-state index in [0.717, 1.165) is 17.1 Å². The summed E-state index contributed by atoms with van der Waals surface area (Å²) in [6, 6.07) is 35.8. The fourth-order valence-electron chi connectivity index (χ4n) is 6.51. The van der Waals surface area contributed by atoms with Crippen molar-refractivity contribution in [1.82, 2.24) is 5.32 Å². The Morgan fingerprint density at radius 2 is 1.06 bits per heavy atom. The van der Waals surface area contributed by atoms with Crippen LogP contribution in [0, 0.1) is 20.9 Å². The number of benzene rings is 5. The van der Waals surface area contributed by atoms with E-state index < -0.39 is 15.9 Å². The van der Waals surface area contributed by atoms with E-state index in [9.17, 15) is 34.4 Å². The van der Waals surface area contributed by atoms with Crippen molar-refractivity contribution < 1.29 is 29.2 Å². The van der Waals surface area contributed by atoms with Gasteiger partial charge in [-0.25, -0.2) is 0 Å². The van der Waals surface area contributed by atoms with Gasteiger partial charge in [0, 0.05) is 83.1 Å². The van der Waals surface area contributed by atoms with Crippen LogP contribution in [-0.2, 0) is 0 Å². The summed E-state index contributed by atoms with van der Waals surface area (Å²) in [7, 11) is 0. The van der Waals surface area contributed by atoms with E-state index in [-0.39, 0.29) is 42.5 Å². The predicted molar refractivity (Wildman–Crippen MR) is 280 cm³/mol. The summed E-state index contributed by atoms with van der Waals surface area (Å²) >= 11 is 28.9. The summed E-state index contributed by atoms with van der Waals surface area (Å²) in [6.07, 6.45) is 3.03. The van der Waals surface area contributed by atoms with Crippen molar-refractivity contribution in [2.75, 3.05) is 13.1 Å². The van der Waals surface area contributed by atoms with Crippen LogP contribution in [0.4, 0.5) is 0 Å². The minimum absolute atomic E-state index is 0.00231. The van der Waals surface area contributed by atoms with Gasteiger partial charge in [-0.1, -0.05) is 152 Å². The number of nitro groups is 1. The molecule has 0 bridgehead atoms. The van der Waals surface area contributed by atoms with Crippen LogP contribution in [0.15, 0.2) is 133 Å². The number of Topliss-reactive ketones (excluding diaryl/α,β-unsaturated/α-hetero) is 3. The molecule has 9 nitrogen and oxygen atoms in total. The third-order valence-corrected chi connectivity index (χ3v) is 10.9. The lowest BCUT2D eigenvalue weighted by molar-refractivity contribution is -0.495. The van der Waals surface area contributed by atoms with E-state index in [1.807, 2.05) is 26.0 Å². The highest BCUT2D eigenvalue weighted by molar-refractivity contribution is 6.32. The average molecular weight is 1030 g/mol. The second-order valence-corrected chi connectivity index (χ2v) is 20.9. The molecule has 14 heteroatoms. The zero-order valence-electron chi connectivity index (χ0n) is 40.0. The van der Waals surface area contributed by atoms with Crippen LogP contribution in [0.3, 0.4) is 0 Å². The van der Waals surface area contributed by atoms with Crippen LogP contribution >= 0.6 is 58.0 Å². The van der Waals surface area contributed by atoms with Crippen LogP contribution in [0.2, 0.25) is 25.1 Å². The van der Waals surface area contributed by atoms with Gasteiger partial charge in [-0.2, -0.15) is 0 Å². The number of carbonyl (C=O) groups is 4. The Kier molecular flexibility index (Phi) is 24.5. The van der Waals surface area contributed by atoms with Gasteiger partial charge in [-0.15, -0.1) is 0 Å². The second kappa shape index (κ2) is 28.1. The largest absolute Gasteiger partial charge is 0.390 e. The van der Waals surface area contributed by atoms with Crippen LogP contribution < -0.4 is 5.32 Å². The maximum atomic E-state index is 11.9. The van der Waals surface area contributed by atoms with Crippen molar-refractivity contribution in [2.24, 2.45) is 10.8 Å². The minimum Gasteiger partial charge on any atom is -0.390 e. The van der Waals surface area contributed by atoms with Crippen molar-refractivity contribution >= 4 is 81.1 Å². The maximum absolute atomic E-state index is 11.9. The highest BCUT2D eigenvalue weighted by Gasteiger charge is 2.31. The van der Waals surface area contributed by atoms with Crippen LogP contribution in [0.1, 0.15) is 135 Å². The number of halogens is 5. The summed E-state index contributed by atoms with van der Waals surface area (Å²) in [5.74, 6) is -0.177. The summed E-state index contributed by atoms with van der Waals surface area (Å²) in [6.45, 7) is 17.4. The zero-order chi connectivity index (χ0) is 51.4. The minimum atomic E-state index is -0.973. The Labute approximate surface area is 426 Å². The van der Waals surface area contributed by atoms with E-state index in [2.05, 4.69) is 31.3 Å². The van der Waals surface area contributed by atoms with Crippen molar-refractivity contribution in [3.63, 3.8) is 0 Å². The first kappa shape index (κ1) is 59.4. The summed E-state index contributed by atoms with van der Waals surface area (Å²) < 4.78 is 0. The number of nitrogens with one attached hydrogen (secondary N) is 1. The molecule has 0 aromatic heterocycles. The first-order valence-corrected chi connectivity index (χ1v) is 23.6. The zero-order valence-corrected chi connectivity index (χ0v) is 43.8. The molecule has 1 aliphatic rings. The Bertz CT molecular complexity index is 2530. The molecule has 1 heterocycles. The number of aliphatic hydroxyl groups is 1. The standard InChI is InChI=1S/C12H14ClNO3.C12H16ClN.C11H13ClO2.C11H11ClO.C8H7ClO/c1-12(2,8-14(16)17)7-11(15)9-4-3-5-10(13)6-9;1-12(2)7-11(14-8-12)9-4-3-5-10(13)6-9;1-11(2,14)7-10(13)8-4-3-5-9(12)6-8;1-8(2)6-11(13)9-4-3-5-10(12)7-9;1-6(10)7-3-2-4-8(9)5-7/h3-6H,7-8H2,1-2H3;3-6,11,14H,7-8H2,1-2H3;3-6,14H,7H2,1-2H3;3-7H,1-2H3;2-5H,1H3. The van der Waals surface area contributed by atoms with Gasteiger partial charge >= 0.3 is 0 Å². The molecule has 68 heavy (non-hydrogen) atoms. The highest BCUT2D eigenvalue weighted by Crippen LogP contribution is 2.36. The van der Waals surface area contributed by atoms with E-state index in [1.54, 1.807) is 131 Å². The second-order valence-electron chi connectivity index (χ2n) is 18.7. The first-order chi connectivity index (χ1) is 31.5. The van der Waals surface area contributed by atoms with E-state index in [1.165, 1.54) is 18.9 Å². The van der Waals surface area contributed by atoms with Gasteiger partial charge in [-0.3, -0.25) is 29.3 Å². The van der Waals surface area contributed by atoms with Crippen molar-refractivity contribution in [3.05, 3.63) is 196 Å². The third kappa shape index (κ3) is 24.5. The molecule has 0 spiro atoms. The maximum Gasteiger partial charge on any atom is 0.209 e. The normalized spacial score (nSPS) is 13.5. The molecule has 2 N–H and O–H groups in total. The lowest BCUT2D eigenvalue weighted by atomic mass is 9.85.